The molecule has 0 saturated carbocycles. The Balaban J connectivity index is 0.00000117. The van der Waals surface area contributed by atoms with E-state index in [1.54, 1.807) is 22.9 Å². The van der Waals surface area contributed by atoms with Crippen LogP contribution in [0.25, 0.3) is 11.0 Å². The molecule has 2 heterocycles. The molecule has 136 valence electrons. The molecule has 0 unspecified atom stereocenters. The number of hydrogen-bond donors (Lipinski definition) is 0. The predicted octanol–water partition coefficient (Wildman–Crippen LogP) is 5.50. The highest BCUT2D eigenvalue weighted by Crippen LogP contribution is 2.33. The number of rotatable bonds is 3. The van der Waals surface area contributed by atoms with E-state index in [9.17, 15) is 13.2 Å². The molecule has 0 aliphatic rings. The summed E-state index contributed by atoms with van der Waals surface area (Å²) in [6, 6.07) is 11.2. The van der Waals surface area contributed by atoms with Gasteiger partial charge in [-0.2, -0.15) is 18.4 Å². The van der Waals surface area contributed by atoms with Gasteiger partial charge in [-0.25, -0.2) is 4.98 Å². The van der Waals surface area contributed by atoms with E-state index in [1.807, 2.05) is 26.8 Å². The number of pyridine rings is 1. The Kier molecular flexibility index (Phi) is 6.04. The molecule has 0 spiro atoms. The third-order valence-corrected chi connectivity index (χ3v) is 4.12. The summed E-state index contributed by atoms with van der Waals surface area (Å²) in [5.41, 5.74) is 1.70. The number of nitrogens with zero attached hydrogens (tertiary/aromatic N) is 3. The fourth-order valence-electron chi connectivity index (χ4n) is 2.97. The SMILES string of the molecule is CC.Cc1c(CC#N)c2cccnc2n1Cc1ccccc1C(F)(F)F. The molecule has 0 fully saturated rings. The van der Waals surface area contributed by atoms with Gasteiger partial charge in [0.1, 0.15) is 5.65 Å². The molecule has 0 saturated heterocycles. The summed E-state index contributed by atoms with van der Waals surface area (Å²) < 4.78 is 41.4. The summed E-state index contributed by atoms with van der Waals surface area (Å²) in [6.07, 6.45) is -2.61. The summed E-state index contributed by atoms with van der Waals surface area (Å²) in [5, 5.41) is 9.83. The predicted molar refractivity (Wildman–Crippen MR) is 95.7 cm³/mol. The molecule has 0 atom stereocenters. The maximum absolute atomic E-state index is 13.2. The lowest BCUT2D eigenvalue weighted by molar-refractivity contribution is -0.138. The lowest BCUT2D eigenvalue weighted by Gasteiger charge is -2.14. The average Bonchev–Trinajstić information content (AvgIpc) is 2.89. The van der Waals surface area contributed by atoms with Gasteiger partial charge in [0.25, 0.3) is 0 Å². The fourth-order valence-corrected chi connectivity index (χ4v) is 2.97. The van der Waals surface area contributed by atoms with Crippen molar-refractivity contribution in [2.45, 2.75) is 39.9 Å². The highest BCUT2D eigenvalue weighted by Gasteiger charge is 2.33. The summed E-state index contributed by atoms with van der Waals surface area (Å²) in [4.78, 5) is 4.31. The molecule has 0 aliphatic carbocycles. The van der Waals surface area contributed by atoms with E-state index in [4.69, 9.17) is 5.26 Å². The van der Waals surface area contributed by atoms with Crippen LogP contribution in [0.2, 0.25) is 0 Å². The normalized spacial score (nSPS) is 11.0. The number of fused-ring (bicyclic) bond motifs is 1. The number of alkyl halides is 3. The van der Waals surface area contributed by atoms with E-state index in [2.05, 4.69) is 11.1 Å². The van der Waals surface area contributed by atoms with Crippen LogP contribution in [0.15, 0.2) is 42.6 Å². The van der Waals surface area contributed by atoms with Gasteiger partial charge in [0.2, 0.25) is 0 Å². The monoisotopic (exact) mass is 359 g/mol. The van der Waals surface area contributed by atoms with Gasteiger partial charge in [0.15, 0.2) is 0 Å². The van der Waals surface area contributed by atoms with Crippen molar-refractivity contribution in [2.75, 3.05) is 0 Å². The smallest absolute Gasteiger partial charge is 0.325 e. The van der Waals surface area contributed by atoms with Crippen molar-refractivity contribution in [3.63, 3.8) is 0 Å². The Morgan fingerprint density at radius 2 is 1.81 bits per heavy atom. The molecule has 6 heteroatoms. The molecule has 0 amide bonds. The lowest BCUT2D eigenvalue weighted by Crippen LogP contribution is -2.12. The number of benzene rings is 1. The van der Waals surface area contributed by atoms with Gasteiger partial charge >= 0.3 is 6.18 Å². The van der Waals surface area contributed by atoms with Crippen molar-refractivity contribution in [1.29, 1.82) is 5.26 Å². The fraction of sp³-hybridized carbons (Fsp3) is 0.300. The number of halogens is 3. The van der Waals surface area contributed by atoms with Crippen LogP contribution in [-0.2, 0) is 19.1 Å². The molecule has 3 nitrogen and oxygen atoms in total. The van der Waals surface area contributed by atoms with Gasteiger partial charge < -0.3 is 4.57 Å². The Labute approximate surface area is 150 Å². The maximum atomic E-state index is 13.2. The molecule has 3 aromatic rings. The Morgan fingerprint density at radius 3 is 2.46 bits per heavy atom. The van der Waals surface area contributed by atoms with Gasteiger partial charge in [-0.05, 0) is 36.2 Å². The van der Waals surface area contributed by atoms with Gasteiger partial charge in [-0.3, -0.25) is 0 Å². The number of hydrogen-bond acceptors (Lipinski definition) is 2. The van der Waals surface area contributed by atoms with E-state index >= 15 is 0 Å². The maximum Gasteiger partial charge on any atom is 0.416 e. The topological polar surface area (TPSA) is 41.6 Å². The first-order chi connectivity index (χ1) is 12.4. The second-order valence-corrected chi connectivity index (χ2v) is 5.51. The third-order valence-electron chi connectivity index (χ3n) is 4.12. The number of nitriles is 1. The first-order valence-electron chi connectivity index (χ1n) is 8.38. The van der Waals surface area contributed by atoms with Gasteiger partial charge in [-0.1, -0.05) is 32.0 Å². The van der Waals surface area contributed by atoms with Crippen LogP contribution in [0, 0.1) is 18.3 Å². The van der Waals surface area contributed by atoms with E-state index in [-0.39, 0.29) is 18.5 Å². The minimum absolute atomic E-state index is 0.0560. The lowest BCUT2D eigenvalue weighted by atomic mass is 10.1. The van der Waals surface area contributed by atoms with Crippen molar-refractivity contribution in [2.24, 2.45) is 0 Å². The molecular formula is C20H20F3N3. The van der Waals surface area contributed by atoms with Crippen LogP contribution in [0.4, 0.5) is 13.2 Å². The molecule has 1 aromatic carbocycles. The molecule has 0 N–H and O–H groups in total. The van der Waals surface area contributed by atoms with Crippen LogP contribution < -0.4 is 0 Å². The average molecular weight is 359 g/mol. The van der Waals surface area contributed by atoms with E-state index in [0.717, 1.165) is 22.7 Å². The van der Waals surface area contributed by atoms with Crippen LogP contribution in [0.1, 0.15) is 36.2 Å². The highest BCUT2D eigenvalue weighted by molar-refractivity contribution is 5.82. The van der Waals surface area contributed by atoms with Crippen molar-refractivity contribution < 1.29 is 13.2 Å². The number of aromatic nitrogens is 2. The van der Waals surface area contributed by atoms with Gasteiger partial charge in [0, 0.05) is 23.8 Å². The van der Waals surface area contributed by atoms with Crippen LogP contribution in [-0.4, -0.2) is 9.55 Å². The summed E-state index contributed by atoms with van der Waals surface area (Å²) >= 11 is 0. The molecule has 2 aromatic heterocycles. The van der Waals surface area contributed by atoms with Crippen LogP contribution in [0.5, 0.6) is 0 Å². The molecule has 0 bridgehead atoms. The summed E-state index contributed by atoms with van der Waals surface area (Å²) in [6.45, 7) is 5.87. The van der Waals surface area contributed by atoms with Crippen molar-refractivity contribution in [3.05, 3.63) is 65.0 Å². The first kappa shape index (κ1) is 19.5. The summed E-state index contributed by atoms with van der Waals surface area (Å²) in [7, 11) is 0. The standard InChI is InChI=1S/C18H14F3N3.C2H6/c1-12-14(8-9-22)15-6-4-10-23-17(15)24(12)11-13-5-2-3-7-16(13)18(19,20)21;1-2/h2-7,10H,8,11H2,1H3;1-2H3. The van der Waals surface area contributed by atoms with Crippen molar-refractivity contribution in [1.82, 2.24) is 9.55 Å². The van der Waals surface area contributed by atoms with Crippen LogP contribution in [0.3, 0.4) is 0 Å². The zero-order valence-electron chi connectivity index (χ0n) is 14.9. The summed E-state index contributed by atoms with van der Waals surface area (Å²) in [5.74, 6) is 0. The third kappa shape index (κ3) is 3.72. The van der Waals surface area contributed by atoms with Crippen LogP contribution >= 0.6 is 0 Å². The Hall–Kier alpha value is -2.81. The Bertz CT molecular complexity index is 934. The quantitative estimate of drug-likeness (QED) is 0.619. The zero-order chi connectivity index (χ0) is 19.3. The zero-order valence-corrected chi connectivity index (χ0v) is 14.9. The van der Waals surface area contributed by atoms with Gasteiger partial charge in [-0.15, -0.1) is 0 Å². The van der Waals surface area contributed by atoms with Gasteiger partial charge in [0.05, 0.1) is 18.1 Å². The molecule has 3 rings (SSSR count). The molecule has 0 radical (unpaired) electrons. The minimum atomic E-state index is -4.41. The first-order valence-corrected chi connectivity index (χ1v) is 8.38. The molecular weight excluding hydrogens is 339 g/mol. The van der Waals surface area contributed by atoms with E-state index in [0.29, 0.717) is 5.65 Å². The second-order valence-electron chi connectivity index (χ2n) is 5.51. The van der Waals surface area contributed by atoms with Crippen molar-refractivity contribution in [3.8, 4) is 6.07 Å². The highest BCUT2D eigenvalue weighted by atomic mass is 19.4. The minimum Gasteiger partial charge on any atom is -0.325 e. The Morgan fingerprint density at radius 1 is 1.12 bits per heavy atom. The van der Waals surface area contributed by atoms with E-state index in [1.165, 1.54) is 12.1 Å². The molecule has 26 heavy (non-hydrogen) atoms. The largest absolute Gasteiger partial charge is 0.416 e. The second kappa shape index (κ2) is 8.05. The van der Waals surface area contributed by atoms with E-state index < -0.39 is 11.7 Å². The molecule has 0 aliphatic heterocycles. The van der Waals surface area contributed by atoms with Crippen molar-refractivity contribution >= 4 is 11.0 Å².